The number of aryl methyl sites for hydroxylation is 1. The van der Waals surface area contributed by atoms with Gasteiger partial charge in [0.25, 0.3) is 5.91 Å². The molecule has 5 nitrogen and oxygen atoms in total. The second-order valence-corrected chi connectivity index (χ2v) is 6.14. The number of hydrogen-bond donors (Lipinski definition) is 1. The normalized spacial score (nSPS) is 10.7. The molecule has 0 saturated heterocycles. The highest BCUT2D eigenvalue weighted by atomic mass is 16.2. The Hall–Kier alpha value is -2.43. The van der Waals surface area contributed by atoms with Gasteiger partial charge in [0.2, 0.25) is 5.95 Å². The van der Waals surface area contributed by atoms with Gasteiger partial charge in [-0.05, 0) is 24.5 Å². The van der Waals surface area contributed by atoms with Crippen molar-refractivity contribution in [2.24, 2.45) is 5.92 Å². The van der Waals surface area contributed by atoms with Crippen LogP contribution in [0, 0.1) is 12.8 Å². The molecule has 23 heavy (non-hydrogen) atoms. The topological polar surface area (TPSA) is 58.1 Å². The third-order valence-corrected chi connectivity index (χ3v) is 3.35. The van der Waals surface area contributed by atoms with Crippen molar-refractivity contribution >= 4 is 11.9 Å². The molecular weight excluding hydrogens is 288 g/mol. The van der Waals surface area contributed by atoms with Gasteiger partial charge in [0.1, 0.15) is 5.69 Å². The van der Waals surface area contributed by atoms with Crippen LogP contribution in [0.15, 0.2) is 36.4 Å². The van der Waals surface area contributed by atoms with Crippen LogP contribution in [0.2, 0.25) is 0 Å². The SMILES string of the molecule is Cc1cc(C(=O)N(C)Cc2ccccc2)nc(NCC(C)C)n1. The molecule has 0 bridgehead atoms. The lowest BCUT2D eigenvalue weighted by atomic mass is 10.2. The molecule has 2 aromatic rings. The number of nitrogens with zero attached hydrogens (tertiary/aromatic N) is 3. The molecule has 0 aliphatic heterocycles. The molecule has 0 saturated carbocycles. The van der Waals surface area contributed by atoms with Crippen LogP contribution < -0.4 is 5.32 Å². The number of carbonyl (C=O) groups is 1. The molecule has 1 heterocycles. The Morgan fingerprint density at radius 1 is 1.22 bits per heavy atom. The lowest BCUT2D eigenvalue weighted by Crippen LogP contribution is -2.27. The highest BCUT2D eigenvalue weighted by molar-refractivity contribution is 5.92. The van der Waals surface area contributed by atoms with Crippen molar-refractivity contribution in [3.8, 4) is 0 Å². The number of anilines is 1. The summed E-state index contributed by atoms with van der Waals surface area (Å²) in [7, 11) is 1.79. The minimum absolute atomic E-state index is 0.105. The maximum atomic E-state index is 12.6. The smallest absolute Gasteiger partial charge is 0.272 e. The van der Waals surface area contributed by atoms with E-state index in [0.29, 0.717) is 24.1 Å². The van der Waals surface area contributed by atoms with Crippen molar-refractivity contribution in [3.63, 3.8) is 0 Å². The van der Waals surface area contributed by atoms with E-state index in [4.69, 9.17) is 0 Å². The van der Waals surface area contributed by atoms with Gasteiger partial charge in [-0.25, -0.2) is 9.97 Å². The van der Waals surface area contributed by atoms with E-state index in [1.54, 1.807) is 18.0 Å². The fraction of sp³-hybridized carbons (Fsp3) is 0.389. The third kappa shape index (κ3) is 5.06. The van der Waals surface area contributed by atoms with Crippen molar-refractivity contribution in [1.82, 2.24) is 14.9 Å². The molecule has 5 heteroatoms. The van der Waals surface area contributed by atoms with E-state index in [0.717, 1.165) is 17.8 Å². The number of nitrogens with one attached hydrogen (secondary N) is 1. The van der Waals surface area contributed by atoms with Crippen LogP contribution in [0.3, 0.4) is 0 Å². The van der Waals surface area contributed by atoms with Crippen LogP contribution in [-0.4, -0.2) is 34.4 Å². The average Bonchev–Trinajstić information content (AvgIpc) is 2.52. The van der Waals surface area contributed by atoms with E-state index in [1.807, 2.05) is 37.3 Å². The summed E-state index contributed by atoms with van der Waals surface area (Å²) in [6.07, 6.45) is 0. The second-order valence-electron chi connectivity index (χ2n) is 6.14. The Morgan fingerprint density at radius 3 is 2.57 bits per heavy atom. The Kier molecular flexibility index (Phi) is 5.68. The number of carbonyl (C=O) groups excluding carboxylic acids is 1. The number of rotatable bonds is 6. The molecule has 2 rings (SSSR count). The minimum Gasteiger partial charge on any atom is -0.354 e. The monoisotopic (exact) mass is 312 g/mol. The summed E-state index contributed by atoms with van der Waals surface area (Å²) >= 11 is 0. The maximum absolute atomic E-state index is 12.6. The molecule has 0 radical (unpaired) electrons. The highest BCUT2D eigenvalue weighted by Crippen LogP contribution is 2.10. The lowest BCUT2D eigenvalue weighted by molar-refractivity contribution is 0.0779. The van der Waals surface area contributed by atoms with Gasteiger partial charge >= 0.3 is 0 Å². The fourth-order valence-electron chi connectivity index (χ4n) is 2.18. The van der Waals surface area contributed by atoms with Gasteiger partial charge in [-0.15, -0.1) is 0 Å². The molecule has 1 amide bonds. The van der Waals surface area contributed by atoms with Gasteiger partial charge in [-0.1, -0.05) is 44.2 Å². The van der Waals surface area contributed by atoms with E-state index in [9.17, 15) is 4.79 Å². The van der Waals surface area contributed by atoms with Crippen molar-refractivity contribution in [2.75, 3.05) is 18.9 Å². The Morgan fingerprint density at radius 2 is 1.91 bits per heavy atom. The van der Waals surface area contributed by atoms with Gasteiger partial charge in [0.15, 0.2) is 0 Å². The van der Waals surface area contributed by atoms with Crippen molar-refractivity contribution in [2.45, 2.75) is 27.3 Å². The van der Waals surface area contributed by atoms with Gasteiger partial charge in [-0.2, -0.15) is 0 Å². The van der Waals surface area contributed by atoms with E-state index in [1.165, 1.54) is 0 Å². The fourth-order valence-corrected chi connectivity index (χ4v) is 2.18. The standard InChI is InChI=1S/C18H24N4O/c1-13(2)11-19-18-20-14(3)10-16(21-18)17(23)22(4)12-15-8-6-5-7-9-15/h5-10,13H,11-12H2,1-4H3,(H,19,20,21). The molecule has 1 aromatic carbocycles. The Bertz CT molecular complexity index is 655. The molecule has 1 N–H and O–H groups in total. The van der Waals surface area contributed by atoms with E-state index in [-0.39, 0.29) is 5.91 Å². The van der Waals surface area contributed by atoms with Crippen molar-refractivity contribution in [1.29, 1.82) is 0 Å². The first-order valence-corrected chi connectivity index (χ1v) is 7.84. The first-order chi connectivity index (χ1) is 11.0. The molecular formula is C18H24N4O. The minimum atomic E-state index is -0.105. The van der Waals surface area contributed by atoms with Gasteiger partial charge in [-0.3, -0.25) is 4.79 Å². The lowest BCUT2D eigenvalue weighted by Gasteiger charge is -2.17. The van der Waals surface area contributed by atoms with Crippen LogP contribution in [-0.2, 0) is 6.54 Å². The number of benzene rings is 1. The van der Waals surface area contributed by atoms with Crippen LogP contribution in [0.5, 0.6) is 0 Å². The molecule has 1 aromatic heterocycles. The summed E-state index contributed by atoms with van der Waals surface area (Å²) in [5, 5.41) is 3.18. The molecule has 0 spiro atoms. The average molecular weight is 312 g/mol. The van der Waals surface area contributed by atoms with Crippen LogP contribution in [0.4, 0.5) is 5.95 Å². The molecule has 0 fully saturated rings. The predicted octanol–water partition coefficient (Wildman–Crippen LogP) is 3.13. The maximum Gasteiger partial charge on any atom is 0.272 e. The zero-order valence-electron chi connectivity index (χ0n) is 14.2. The third-order valence-electron chi connectivity index (χ3n) is 3.35. The Labute approximate surface area is 137 Å². The summed E-state index contributed by atoms with van der Waals surface area (Å²) in [5.41, 5.74) is 2.29. The Balaban J connectivity index is 2.11. The zero-order valence-corrected chi connectivity index (χ0v) is 14.2. The number of amides is 1. The predicted molar refractivity (Wildman–Crippen MR) is 92.3 cm³/mol. The van der Waals surface area contributed by atoms with E-state index in [2.05, 4.69) is 29.1 Å². The summed E-state index contributed by atoms with van der Waals surface area (Å²) in [6.45, 7) is 7.43. The van der Waals surface area contributed by atoms with Crippen LogP contribution in [0.1, 0.15) is 35.6 Å². The molecule has 0 atom stereocenters. The van der Waals surface area contributed by atoms with E-state index >= 15 is 0 Å². The van der Waals surface area contributed by atoms with Crippen molar-refractivity contribution < 1.29 is 4.79 Å². The van der Waals surface area contributed by atoms with Gasteiger partial charge in [0, 0.05) is 25.8 Å². The van der Waals surface area contributed by atoms with Gasteiger partial charge in [0.05, 0.1) is 0 Å². The zero-order chi connectivity index (χ0) is 16.8. The summed E-state index contributed by atoms with van der Waals surface area (Å²) in [4.78, 5) is 23.0. The largest absolute Gasteiger partial charge is 0.354 e. The summed E-state index contributed by atoms with van der Waals surface area (Å²) in [5.74, 6) is 0.890. The van der Waals surface area contributed by atoms with Crippen molar-refractivity contribution in [3.05, 3.63) is 53.3 Å². The number of aromatic nitrogens is 2. The first kappa shape index (κ1) is 16.9. The summed E-state index contributed by atoms with van der Waals surface area (Å²) in [6, 6.07) is 11.6. The molecule has 122 valence electrons. The second kappa shape index (κ2) is 7.72. The molecule has 0 aliphatic carbocycles. The number of hydrogen-bond acceptors (Lipinski definition) is 4. The molecule has 0 aliphatic rings. The molecule has 0 unspecified atom stereocenters. The van der Waals surface area contributed by atoms with E-state index < -0.39 is 0 Å². The van der Waals surface area contributed by atoms with Gasteiger partial charge < -0.3 is 10.2 Å². The highest BCUT2D eigenvalue weighted by Gasteiger charge is 2.15. The van der Waals surface area contributed by atoms with Crippen LogP contribution >= 0.6 is 0 Å². The van der Waals surface area contributed by atoms with Crippen LogP contribution in [0.25, 0.3) is 0 Å². The quantitative estimate of drug-likeness (QED) is 0.890. The summed E-state index contributed by atoms with van der Waals surface area (Å²) < 4.78 is 0. The first-order valence-electron chi connectivity index (χ1n) is 7.84.